The third kappa shape index (κ3) is 3.90. The second-order valence-corrected chi connectivity index (χ2v) is 3.54. The maximum atomic E-state index is 9.10. The first kappa shape index (κ1) is 14.3. The van der Waals surface area contributed by atoms with Crippen molar-refractivity contribution in [1.82, 2.24) is 5.32 Å². The molecular weight excluding hydrogens is 244 g/mol. The summed E-state index contributed by atoms with van der Waals surface area (Å²) >= 11 is 0. The Labute approximate surface area is 110 Å². The quantitative estimate of drug-likeness (QED) is 0.362. The number of hydrogen-bond donors (Lipinski definition) is 1. The normalized spacial score (nSPS) is 10.7. The van der Waals surface area contributed by atoms with Crippen LogP contribution in [-0.4, -0.2) is 20.2 Å². The zero-order chi connectivity index (χ0) is 14.1. The number of methoxy groups -OCH3 is 1. The summed E-state index contributed by atoms with van der Waals surface area (Å²) in [5.74, 6) is 0.469. The van der Waals surface area contributed by atoms with Crippen LogP contribution in [0.25, 0.3) is 10.4 Å². The van der Waals surface area contributed by atoms with Crippen molar-refractivity contribution < 1.29 is 4.74 Å². The van der Waals surface area contributed by atoms with Gasteiger partial charge < -0.3 is 4.74 Å². The molecule has 1 atom stereocenters. The van der Waals surface area contributed by atoms with Gasteiger partial charge in [-0.1, -0.05) is 11.2 Å². The maximum absolute atomic E-state index is 9.10. The number of nitriles is 2. The summed E-state index contributed by atoms with van der Waals surface area (Å²) in [6.45, 7) is 0.645. The van der Waals surface area contributed by atoms with Gasteiger partial charge in [-0.3, -0.25) is 5.32 Å². The van der Waals surface area contributed by atoms with Gasteiger partial charge in [0, 0.05) is 18.0 Å². The Morgan fingerprint density at radius 3 is 2.89 bits per heavy atom. The molecule has 0 spiro atoms. The van der Waals surface area contributed by atoms with E-state index in [-0.39, 0.29) is 6.54 Å². The van der Waals surface area contributed by atoms with E-state index in [9.17, 15) is 0 Å². The third-order valence-corrected chi connectivity index (χ3v) is 2.43. The molecule has 7 heteroatoms. The molecule has 7 nitrogen and oxygen atoms in total. The van der Waals surface area contributed by atoms with E-state index >= 15 is 0 Å². The average molecular weight is 256 g/mol. The molecule has 0 aliphatic heterocycles. The summed E-state index contributed by atoms with van der Waals surface area (Å²) in [5, 5.41) is 24.4. The summed E-state index contributed by atoms with van der Waals surface area (Å²) in [6, 6.07) is 8.51. The Balaban J connectivity index is 2.85. The minimum Gasteiger partial charge on any atom is -0.495 e. The zero-order valence-electron chi connectivity index (χ0n) is 10.4. The fourth-order valence-electron chi connectivity index (χ4n) is 1.53. The minimum absolute atomic E-state index is 0.260. The SMILES string of the molecule is COc1ccc(C(C#N)NCCN=[N+]=[N-])cc1C#N. The molecule has 0 saturated heterocycles. The van der Waals surface area contributed by atoms with E-state index in [1.165, 1.54) is 7.11 Å². The third-order valence-electron chi connectivity index (χ3n) is 2.43. The molecule has 0 bridgehead atoms. The molecule has 0 aliphatic rings. The lowest BCUT2D eigenvalue weighted by Gasteiger charge is -2.12. The number of hydrogen-bond acceptors (Lipinski definition) is 5. The molecular formula is C12H12N6O. The van der Waals surface area contributed by atoms with Crippen LogP contribution in [0.15, 0.2) is 23.3 Å². The smallest absolute Gasteiger partial charge is 0.136 e. The van der Waals surface area contributed by atoms with Crippen LogP contribution in [0.1, 0.15) is 17.2 Å². The summed E-state index contributed by atoms with van der Waals surface area (Å²) in [4.78, 5) is 2.62. The van der Waals surface area contributed by atoms with E-state index in [4.69, 9.17) is 20.8 Å². The van der Waals surface area contributed by atoms with Crippen molar-refractivity contribution in [2.24, 2.45) is 5.11 Å². The molecule has 96 valence electrons. The molecule has 1 rings (SSSR count). The molecule has 0 heterocycles. The summed E-state index contributed by atoms with van der Waals surface area (Å²) in [5.41, 5.74) is 9.19. The van der Waals surface area contributed by atoms with Crippen LogP contribution in [-0.2, 0) is 0 Å². The zero-order valence-corrected chi connectivity index (χ0v) is 10.4. The number of ether oxygens (including phenoxy) is 1. The van der Waals surface area contributed by atoms with Crippen molar-refractivity contribution in [3.8, 4) is 17.9 Å². The lowest BCUT2D eigenvalue weighted by molar-refractivity contribution is 0.413. The van der Waals surface area contributed by atoms with Crippen molar-refractivity contribution in [2.75, 3.05) is 20.2 Å². The van der Waals surface area contributed by atoms with Crippen LogP contribution in [0.2, 0.25) is 0 Å². The van der Waals surface area contributed by atoms with Crippen LogP contribution in [0.5, 0.6) is 5.75 Å². The molecule has 1 unspecified atom stereocenters. The average Bonchev–Trinajstić information content (AvgIpc) is 2.46. The highest BCUT2D eigenvalue weighted by molar-refractivity contribution is 5.46. The fourth-order valence-corrected chi connectivity index (χ4v) is 1.53. The molecule has 0 fully saturated rings. The molecule has 0 radical (unpaired) electrons. The van der Waals surface area contributed by atoms with Gasteiger partial charge in [0.2, 0.25) is 0 Å². The predicted molar refractivity (Wildman–Crippen MR) is 68.1 cm³/mol. The number of rotatable bonds is 6. The first-order chi connectivity index (χ1) is 9.26. The van der Waals surface area contributed by atoms with Gasteiger partial charge >= 0.3 is 0 Å². The first-order valence-corrected chi connectivity index (χ1v) is 5.48. The van der Waals surface area contributed by atoms with Gasteiger partial charge in [0.25, 0.3) is 0 Å². The second kappa shape index (κ2) is 7.57. The Morgan fingerprint density at radius 2 is 2.32 bits per heavy atom. The van der Waals surface area contributed by atoms with Gasteiger partial charge in [-0.2, -0.15) is 10.5 Å². The summed E-state index contributed by atoms with van der Waals surface area (Å²) < 4.78 is 5.04. The van der Waals surface area contributed by atoms with E-state index in [0.29, 0.717) is 23.4 Å². The number of nitrogens with one attached hydrogen (secondary N) is 1. The Morgan fingerprint density at radius 1 is 1.53 bits per heavy atom. The lowest BCUT2D eigenvalue weighted by Crippen LogP contribution is -2.22. The minimum atomic E-state index is -0.563. The van der Waals surface area contributed by atoms with Crippen molar-refractivity contribution in [3.05, 3.63) is 39.8 Å². The Hall–Kier alpha value is -2.73. The maximum Gasteiger partial charge on any atom is 0.136 e. The van der Waals surface area contributed by atoms with Gasteiger partial charge in [0.15, 0.2) is 0 Å². The van der Waals surface area contributed by atoms with Crippen molar-refractivity contribution >= 4 is 0 Å². The molecule has 19 heavy (non-hydrogen) atoms. The van der Waals surface area contributed by atoms with Crippen LogP contribution in [0.3, 0.4) is 0 Å². The van der Waals surface area contributed by atoms with E-state index in [1.54, 1.807) is 18.2 Å². The van der Waals surface area contributed by atoms with Crippen LogP contribution < -0.4 is 10.1 Å². The standard InChI is InChI=1S/C12H12N6O/c1-19-12-3-2-9(6-10(12)7-13)11(8-14)16-4-5-17-18-15/h2-3,6,11,16H,4-5H2,1H3. The van der Waals surface area contributed by atoms with Gasteiger partial charge in [0.1, 0.15) is 17.9 Å². The summed E-state index contributed by atoms with van der Waals surface area (Å²) in [7, 11) is 1.48. The fraction of sp³-hybridized carbons (Fsp3) is 0.333. The molecule has 0 aliphatic carbocycles. The van der Waals surface area contributed by atoms with E-state index in [2.05, 4.69) is 21.4 Å². The van der Waals surface area contributed by atoms with Crippen molar-refractivity contribution in [2.45, 2.75) is 6.04 Å². The molecule has 1 aromatic carbocycles. The highest BCUT2D eigenvalue weighted by Gasteiger charge is 2.12. The lowest BCUT2D eigenvalue weighted by atomic mass is 10.0. The van der Waals surface area contributed by atoms with Crippen molar-refractivity contribution in [1.29, 1.82) is 10.5 Å². The highest BCUT2D eigenvalue weighted by atomic mass is 16.5. The predicted octanol–water partition coefficient (Wildman–Crippen LogP) is 2.03. The van der Waals surface area contributed by atoms with E-state index in [1.807, 2.05) is 6.07 Å². The van der Waals surface area contributed by atoms with Crippen LogP contribution >= 0.6 is 0 Å². The van der Waals surface area contributed by atoms with Gasteiger partial charge in [-0.05, 0) is 23.2 Å². The number of azide groups is 1. The Bertz CT molecular complexity index is 565. The number of nitrogens with zero attached hydrogens (tertiary/aromatic N) is 5. The van der Waals surface area contributed by atoms with E-state index in [0.717, 1.165) is 0 Å². The van der Waals surface area contributed by atoms with Crippen LogP contribution in [0, 0.1) is 22.7 Å². The topological polar surface area (TPSA) is 118 Å². The van der Waals surface area contributed by atoms with Gasteiger partial charge in [0.05, 0.1) is 18.7 Å². The molecule has 1 N–H and O–H groups in total. The summed E-state index contributed by atoms with van der Waals surface area (Å²) in [6.07, 6.45) is 0. The van der Waals surface area contributed by atoms with E-state index < -0.39 is 6.04 Å². The van der Waals surface area contributed by atoms with Crippen molar-refractivity contribution in [3.63, 3.8) is 0 Å². The largest absolute Gasteiger partial charge is 0.495 e. The number of benzene rings is 1. The molecule has 1 aromatic rings. The molecule has 0 amide bonds. The molecule has 0 aromatic heterocycles. The Kier molecular flexibility index (Phi) is 5.71. The van der Waals surface area contributed by atoms with Gasteiger partial charge in [-0.15, -0.1) is 0 Å². The van der Waals surface area contributed by atoms with Gasteiger partial charge in [-0.25, -0.2) is 0 Å². The monoisotopic (exact) mass is 256 g/mol. The first-order valence-electron chi connectivity index (χ1n) is 5.48. The van der Waals surface area contributed by atoms with Crippen LogP contribution in [0.4, 0.5) is 0 Å². The second-order valence-electron chi connectivity index (χ2n) is 3.54. The highest BCUT2D eigenvalue weighted by Crippen LogP contribution is 2.22. The molecule has 0 saturated carbocycles.